The number of carboxylic acids is 1. The van der Waals surface area contributed by atoms with Crippen LogP contribution in [0.15, 0.2) is 24.3 Å². The Morgan fingerprint density at radius 3 is 2.46 bits per heavy atom. The van der Waals surface area contributed by atoms with Gasteiger partial charge >= 0.3 is 5.97 Å². The van der Waals surface area contributed by atoms with Crippen LogP contribution >= 0.6 is 15.9 Å². The second-order valence-electron chi connectivity index (χ2n) is 2.32. The molecule has 0 radical (unpaired) electrons. The van der Waals surface area contributed by atoms with E-state index in [1.54, 1.807) is 24.3 Å². The van der Waals surface area contributed by atoms with Crippen LogP contribution in [0.3, 0.4) is 0 Å². The molecule has 0 amide bonds. The van der Waals surface area contributed by atoms with Crippen LogP contribution in [0.25, 0.3) is 0 Å². The Morgan fingerprint density at radius 2 is 2.00 bits per heavy atom. The molecule has 0 aliphatic rings. The summed E-state index contributed by atoms with van der Waals surface area (Å²) in [4.78, 5) is 10.5. The molecule has 0 spiro atoms. The van der Waals surface area contributed by atoms with Gasteiger partial charge < -0.3 is 5.11 Å². The molecule has 0 aliphatic heterocycles. The van der Waals surface area contributed by atoms with Gasteiger partial charge in [0.2, 0.25) is 0 Å². The minimum Gasteiger partial charge on any atom is -0.478 e. The number of carbonyl (C=O) groups is 1. The van der Waals surface area contributed by atoms with Gasteiger partial charge in [0.1, 0.15) is 0 Å². The highest BCUT2D eigenvalue weighted by atomic mass is 79.9. The third-order valence-corrected chi connectivity index (χ3v) is 1.71. The highest BCUT2D eigenvalue weighted by molar-refractivity contribution is 9.09. The predicted octanol–water partition coefficient (Wildman–Crippen LogP) is 2.13. The molecular formula is C10H7BrO2. The van der Waals surface area contributed by atoms with Crippen LogP contribution in [0.2, 0.25) is 0 Å². The molecule has 0 saturated heterocycles. The molecule has 13 heavy (non-hydrogen) atoms. The summed E-state index contributed by atoms with van der Waals surface area (Å²) in [5.74, 6) is 4.79. The lowest BCUT2D eigenvalue weighted by Crippen LogP contribution is -1.94. The Kier molecular flexibility index (Phi) is 3.53. The molecule has 0 aromatic heterocycles. The van der Waals surface area contributed by atoms with Crippen LogP contribution in [-0.2, 0) is 0 Å². The monoisotopic (exact) mass is 238 g/mol. The van der Waals surface area contributed by atoms with E-state index in [1.165, 1.54) is 0 Å². The van der Waals surface area contributed by atoms with Crippen molar-refractivity contribution in [1.82, 2.24) is 0 Å². The van der Waals surface area contributed by atoms with Crippen molar-refractivity contribution in [3.8, 4) is 11.8 Å². The number of halogens is 1. The van der Waals surface area contributed by atoms with Gasteiger partial charge in [-0.25, -0.2) is 4.79 Å². The summed E-state index contributed by atoms with van der Waals surface area (Å²) in [6, 6.07) is 6.47. The van der Waals surface area contributed by atoms with Crippen molar-refractivity contribution < 1.29 is 9.90 Å². The summed E-state index contributed by atoms with van der Waals surface area (Å²) in [6.45, 7) is 0. The van der Waals surface area contributed by atoms with Crippen LogP contribution in [0, 0.1) is 11.8 Å². The van der Waals surface area contributed by atoms with Crippen molar-refractivity contribution in [3.05, 3.63) is 35.4 Å². The van der Waals surface area contributed by atoms with Gasteiger partial charge in [0.05, 0.1) is 10.9 Å². The standard InChI is InChI=1S/C10H7BrO2/c11-7-1-2-8-3-5-9(6-4-8)10(12)13/h3-6H,7H2,(H,12,13). The topological polar surface area (TPSA) is 37.3 Å². The summed E-state index contributed by atoms with van der Waals surface area (Å²) in [7, 11) is 0. The molecule has 2 nitrogen and oxygen atoms in total. The SMILES string of the molecule is O=C(O)c1ccc(C#CCBr)cc1. The normalized spacial score (nSPS) is 8.69. The number of alkyl halides is 1. The van der Waals surface area contributed by atoms with E-state index in [9.17, 15) is 4.79 Å². The van der Waals surface area contributed by atoms with E-state index in [2.05, 4.69) is 27.8 Å². The minimum atomic E-state index is -0.917. The zero-order valence-corrected chi connectivity index (χ0v) is 8.34. The molecule has 0 fully saturated rings. The number of hydrogen-bond acceptors (Lipinski definition) is 1. The van der Waals surface area contributed by atoms with Crippen LogP contribution in [-0.4, -0.2) is 16.4 Å². The van der Waals surface area contributed by atoms with E-state index in [0.29, 0.717) is 5.33 Å². The first-order valence-corrected chi connectivity index (χ1v) is 4.74. The molecule has 66 valence electrons. The highest BCUT2D eigenvalue weighted by Gasteiger charge is 1.99. The quantitative estimate of drug-likeness (QED) is 0.602. The second-order valence-corrected chi connectivity index (χ2v) is 2.88. The van der Waals surface area contributed by atoms with Crippen molar-refractivity contribution in [2.24, 2.45) is 0 Å². The molecule has 1 aromatic carbocycles. The number of rotatable bonds is 1. The lowest BCUT2D eigenvalue weighted by atomic mass is 10.1. The van der Waals surface area contributed by atoms with Gasteiger partial charge in [0.15, 0.2) is 0 Å². The largest absolute Gasteiger partial charge is 0.478 e. The van der Waals surface area contributed by atoms with Crippen molar-refractivity contribution >= 4 is 21.9 Å². The van der Waals surface area contributed by atoms with E-state index in [4.69, 9.17) is 5.11 Å². The smallest absolute Gasteiger partial charge is 0.335 e. The van der Waals surface area contributed by atoms with Gasteiger partial charge in [-0.1, -0.05) is 27.8 Å². The summed E-state index contributed by atoms with van der Waals surface area (Å²) in [6.07, 6.45) is 0. The van der Waals surface area contributed by atoms with Crippen molar-refractivity contribution in [1.29, 1.82) is 0 Å². The summed E-state index contributed by atoms with van der Waals surface area (Å²) in [5.41, 5.74) is 1.11. The summed E-state index contributed by atoms with van der Waals surface area (Å²) < 4.78 is 0. The third kappa shape index (κ3) is 2.92. The zero-order valence-electron chi connectivity index (χ0n) is 6.75. The maximum Gasteiger partial charge on any atom is 0.335 e. The van der Waals surface area contributed by atoms with Gasteiger partial charge in [0, 0.05) is 5.56 Å². The Bertz CT molecular complexity index is 357. The van der Waals surface area contributed by atoms with E-state index in [1.807, 2.05) is 0 Å². The maximum atomic E-state index is 10.5. The van der Waals surface area contributed by atoms with Gasteiger partial charge in [-0.3, -0.25) is 0 Å². The number of benzene rings is 1. The zero-order chi connectivity index (χ0) is 9.68. The number of carboxylic acid groups (broad SMARTS) is 1. The van der Waals surface area contributed by atoms with Crippen LogP contribution < -0.4 is 0 Å². The van der Waals surface area contributed by atoms with Crippen LogP contribution in [0.4, 0.5) is 0 Å². The number of hydrogen-bond donors (Lipinski definition) is 1. The molecule has 1 aromatic rings. The van der Waals surface area contributed by atoms with Crippen molar-refractivity contribution in [2.75, 3.05) is 5.33 Å². The third-order valence-electron chi connectivity index (χ3n) is 1.43. The first-order valence-electron chi connectivity index (χ1n) is 3.62. The molecule has 0 heterocycles. The molecule has 0 saturated carbocycles. The molecule has 1 N–H and O–H groups in total. The fourth-order valence-electron chi connectivity index (χ4n) is 0.832. The Labute approximate surface area is 84.7 Å². The highest BCUT2D eigenvalue weighted by Crippen LogP contribution is 2.02. The van der Waals surface area contributed by atoms with Crippen LogP contribution in [0.1, 0.15) is 15.9 Å². The van der Waals surface area contributed by atoms with E-state index in [-0.39, 0.29) is 5.56 Å². The Hall–Kier alpha value is -1.27. The molecule has 0 aliphatic carbocycles. The lowest BCUT2D eigenvalue weighted by molar-refractivity contribution is 0.0697. The lowest BCUT2D eigenvalue weighted by Gasteiger charge is -1.93. The minimum absolute atomic E-state index is 0.282. The van der Waals surface area contributed by atoms with Gasteiger partial charge in [0.25, 0.3) is 0 Å². The Morgan fingerprint density at radius 1 is 1.38 bits per heavy atom. The predicted molar refractivity (Wildman–Crippen MR) is 54.1 cm³/mol. The van der Waals surface area contributed by atoms with E-state index in [0.717, 1.165) is 5.56 Å². The van der Waals surface area contributed by atoms with Crippen molar-refractivity contribution in [3.63, 3.8) is 0 Å². The van der Waals surface area contributed by atoms with Gasteiger partial charge in [-0.05, 0) is 24.3 Å². The van der Waals surface area contributed by atoms with E-state index < -0.39 is 5.97 Å². The van der Waals surface area contributed by atoms with Gasteiger partial charge in [-0.15, -0.1) is 0 Å². The number of aromatic carboxylic acids is 1. The summed E-state index contributed by atoms with van der Waals surface area (Å²) in [5, 5.41) is 9.23. The van der Waals surface area contributed by atoms with E-state index >= 15 is 0 Å². The van der Waals surface area contributed by atoms with Crippen molar-refractivity contribution in [2.45, 2.75) is 0 Å². The van der Waals surface area contributed by atoms with Crippen LogP contribution in [0.5, 0.6) is 0 Å². The average Bonchev–Trinajstić information content (AvgIpc) is 2.15. The molecule has 1 rings (SSSR count). The molecule has 0 unspecified atom stereocenters. The summed E-state index contributed by atoms with van der Waals surface area (Å²) >= 11 is 3.18. The first kappa shape index (κ1) is 9.82. The Balaban J connectivity index is 2.87. The average molecular weight is 239 g/mol. The molecule has 0 bridgehead atoms. The second kappa shape index (κ2) is 4.68. The maximum absolute atomic E-state index is 10.5. The van der Waals surface area contributed by atoms with Gasteiger partial charge in [-0.2, -0.15) is 0 Å². The fourth-order valence-corrected chi connectivity index (χ4v) is 0.972. The first-order chi connectivity index (χ1) is 6.24. The molecule has 3 heteroatoms. The molecular weight excluding hydrogens is 232 g/mol. The fraction of sp³-hybridized carbons (Fsp3) is 0.100. The molecule has 0 atom stereocenters.